The first-order valence-electron chi connectivity index (χ1n) is 8.37. The summed E-state index contributed by atoms with van der Waals surface area (Å²) in [6.45, 7) is 12.8. The molecule has 0 aromatic heterocycles. The molecular weight excluding hydrogens is 260 g/mol. The Morgan fingerprint density at radius 1 is 1.33 bits per heavy atom. The molecule has 2 heteroatoms. The molecule has 0 aromatic carbocycles. The largest absolute Gasteiger partial charge is 0.461 e. The normalized spacial score (nSPS) is 35.9. The zero-order chi connectivity index (χ0) is 15.8. The van der Waals surface area contributed by atoms with Gasteiger partial charge in [0.05, 0.1) is 5.41 Å². The summed E-state index contributed by atoms with van der Waals surface area (Å²) < 4.78 is 5.99. The van der Waals surface area contributed by atoms with Crippen molar-refractivity contribution >= 4 is 5.97 Å². The molecule has 21 heavy (non-hydrogen) atoms. The summed E-state index contributed by atoms with van der Waals surface area (Å²) in [6, 6.07) is 0. The third-order valence-corrected chi connectivity index (χ3v) is 5.55. The molecule has 0 amide bonds. The second-order valence-electron chi connectivity index (χ2n) is 7.66. The van der Waals surface area contributed by atoms with Crippen LogP contribution in [0.15, 0.2) is 23.8 Å². The molecule has 2 aliphatic rings. The Hall–Kier alpha value is -1.05. The Bertz CT molecular complexity index is 458. The molecule has 0 bridgehead atoms. The molecule has 2 aliphatic carbocycles. The average Bonchev–Trinajstić information content (AvgIpc) is 2.42. The summed E-state index contributed by atoms with van der Waals surface area (Å²) in [5.74, 6) is 1.86. The Morgan fingerprint density at radius 2 is 2.00 bits per heavy atom. The molecule has 0 radical (unpaired) electrons. The number of ether oxygens (including phenoxy) is 1. The van der Waals surface area contributed by atoms with Crippen molar-refractivity contribution in [3.8, 4) is 0 Å². The quantitative estimate of drug-likeness (QED) is 0.701. The van der Waals surface area contributed by atoms with Gasteiger partial charge in [-0.3, -0.25) is 4.79 Å². The van der Waals surface area contributed by atoms with E-state index in [0.29, 0.717) is 23.7 Å². The first-order valence-corrected chi connectivity index (χ1v) is 8.37. The van der Waals surface area contributed by atoms with Crippen molar-refractivity contribution in [1.29, 1.82) is 0 Å². The lowest BCUT2D eigenvalue weighted by Crippen LogP contribution is -2.41. The maximum atomic E-state index is 12.5. The van der Waals surface area contributed by atoms with Crippen LogP contribution in [0.4, 0.5) is 0 Å². The lowest BCUT2D eigenvalue weighted by Gasteiger charge is -2.42. The van der Waals surface area contributed by atoms with E-state index in [1.807, 2.05) is 20.8 Å². The lowest BCUT2D eigenvalue weighted by atomic mass is 9.67. The molecule has 0 saturated carbocycles. The second-order valence-corrected chi connectivity index (χ2v) is 7.66. The minimum atomic E-state index is -0.385. The van der Waals surface area contributed by atoms with Crippen molar-refractivity contribution in [2.24, 2.45) is 29.1 Å². The highest BCUT2D eigenvalue weighted by Crippen LogP contribution is 2.43. The number of allylic oxidation sites excluding steroid dienone is 3. The van der Waals surface area contributed by atoms with E-state index in [-0.39, 0.29) is 17.5 Å². The number of esters is 1. The summed E-state index contributed by atoms with van der Waals surface area (Å²) in [7, 11) is 0. The topological polar surface area (TPSA) is 26.3 Å². The zero-order valence-corrected chi connectivity index (χ0v) is 14.3. The third-order valence-electron chi connectivity index (χ3n) is 5.55. The van der Waals surface area contributed by atoms with Gasteiger partial charge in [0, 0.05) is 5.92 Å². The van der Waals surface area contributed by atoms with Crippen LogP contribution in [0.3, 0.4) is 0 Å². The minimum Gasteiger partial charge on any atom is -0.461 e. The summed E-state index contributed by atoms with van der Waals surface area (Å²) in [5.41, 5.74) is 0.982. The molecule has 2 rings (SSSR count). The van der Waals surface area contributed by atoms with E-state index in [2.05, 4.69) is 39.0 Å². The molecule has 0 aromatic rings. The third kappa shape index (κ3) is 3.25. The van der Waals surface area contributed by atoms with Crippen molar-refractivity contribution in [3.05, 3.63) is 23.8 Å². The van der Waals surface area contributed by atoms with Crippen LogP contribution in [0, 0.1) is 29.1 Å². The van der Waals surface area contributed by atoms with Gasteiger partial charge in [-0.25, -0.2) is 0 Å². The van der Waals surface area contributed by atoms with Crippen molar-refractivity contribution < 1.29 is 9.53 Å². The first kappa shape index (κ1) is 16.3. The van der Waals surface area contributed by atoms with Crippen molar-refractivity contribution in [2.75, 3.05) is 0 Å². The average molecular weight is 290 g/mol. The Morgan fingerprint density at radius 3 is 2.62 bits per heavy atom. The molecule has 0 N–H and O–H groups in total. The van der Waals surface area contributed by atoms with Crippen LogP contribution in [-0.4, -0.2) is 12.1 Å². The van der Waals surface area contributed by atoms with Gasteiger partial charge in [-0.05, 0) is 50.0 Å². The van der Waals surface area contributed by atoms with Gasteiger partial charge in [-0.15, -0.1) is 0 Å². The van der Waals surface area contributed by atoms with Gasteiger partial charge >= 0.3 is 5.97 Å². The molecular formula is C19H30O2. The SMILES string of the molecule is CCC(C)(C)C(=O)OC1CC(C)C=C2C=CC(C)C(C)C21. The van der Waals surface area contributed by atoms with Gasteiger partial charge in [0.2, 0.25) is 0 Å². The lowest BCUT2D eigenvalue weighted by molar-refractivity contribution is -0.164. The van der Waals surface area contributed by atoms with Gasteiger partial charge in [0.15, 0.2) is 0 Å². The Labute approximate surface area is 129 Å². The highest BCUT2D eigenvalue weighted by atomic mass is 16.5. The number of hydrogen-bond acceptors (Lipinski definition) is 2. The van der Waals surface area contributed by atoms with Gasteiger partial charge in [-0.2, -0.15) is 0 Å². The number of hydrogen-bond donors (Lipinski definition) is 0. The summed E-state index contributed by atoms with van der Waals surface area (Å²) in [4.78, 5) is 12.5. The zero-order valence-electron chi connectivity index (χ0n) is 14.3. The maximum absolute atomic E-state index is 12.5. The molecule has 0 spiro atoms. The maximum Gasteiger partial charge on any atom is 0.311 e. The highest BCUT2D eigenvalue weighted by Gasteiger charge is 2.41. The standard InChI is InChI=1S/C19H30O2/c1-7-19(5,6)18(20)21-16-11-12(2)10-15-9-8-13(3)14(4)17(15)16/h8-10,12-14,16-17H,7,11H2,1-6H3. The van der Waals surface area contributed by atoms with E-state index in [1.54, 1.807) is 0 Å². The number of rotatable bonds is 3. The molecule has 0 heterocycles. The predicted molar refractivity (Wildman–Crippen MR) is 86.8 cm³/mol. The molecule has 2 nitrogen and oxygen atoms in total. The fraction of sp³-hybridized carbons (Fsp3) is 0.737. The molecule has 0 aliphatic heterocycles. The fourth-order valence-electron chi connectivity index (χ4n) is 3.37. The predicted octanol–water partition coefficient (Wildman–Crippen LogP) is 4.76. The monoisotopic (exact) mass is 290 g/mol. The number of fused-ring (bicyclic) bond motifs is 1. The number of carbonyl (C=O) groups is 1. The van der Waals surface area contributed by atoms with E-state index >= 15 is 0 Å². The summed E-state index contributed by atoms with van der Waals surface area (Å²) >= 11 is 0. The molecule has 5 unspecified atom stereocenters. The van der Waals surface area contributed by atoms with Crippen LogP contribution in [0.5, 0.6) is 0 Å². The molecule has 118 valence electrons. The van der Waals surface area contributed by atoms with Gasteiger partial charge in [-0.1, -0.05) is 45.9 Å². The first-order chi connectivity index (χ1) is 9.76. The molecule has 0 fully saturated rings. The van der Waals surface area contributed by atoms with Crippen LogP contribution in [0.1, 0.15) is 54.4 Å². The number of carbonyl (C=O) groups excluding carboxylic acids is 1. The van der Waals surface area contributed by atoms with Crippen molar-refractivity contribution in [2.45, 2.75) is 60.5 Å². The smallest absolute Gasteiger partial charge is 0.311 e. The molecule has 5 atom stereocenters. The van der Waals surface area contributed by atoms with E-state index in [0.717, 1.165) is 12.8 Å². The van der Waals surface area contributed by atoms with E-state index in [9.17, 15) is 4.79 Å². The van der Waals surface area contributed by atoms with E-state index < -0.39 is 0 Å². The van der Waals surface area contributed by atoms with Gasteiger partial charge < -0.3 is 4.74 Å². The van der Waals surface area contributed by atoms with E-state index in [4.69, 9.17) is 4.74 Å². The summed E-state index contributed by atoms with van der Waals surface area (Å²) in [6.07, 6.45) is 8.69. The van der Waals surface area contributed by atoms with Crippen LogP contribution in [0.2, 0.25) is 0 Å². The van der Waals surface area contributed by atoms with Crippen molar-refractivity contribution in [1.82, 2.24) is 0 Å². The molecule has 0 saturated heterocycles. The van der Waals surface area contributed by atoms with E-state index in [1.165, 1.54) is 5.57 Å². The Kier molecular flexibility index (Phi) is 4.65. The van der Waals surface area contributed by atoms with Crippen LogP contribution in [-0.2, 0) is 9.53 Å². The highest BCUT2D eigenvalue weighted by molar-refractivity contribution is 5.76. The van der Waals surface area contributed by atoms with Gasteiger partial charge in [0.25, 0.3) is 0 Å². The van der Waals surface area contributed by atoms with Gasteiger partial charge in [0.1, 0.15) is 6.10 Å². The van der Waals surface area contributed by atoms with Crippen molar-refractivity contribution in [3.63, 3.8) is 0 Å². The minimum absolute atomic E-state index is 0.0284. The van der Waals surface area contributed by atoms with Crippen LogP contribution < -0.4 is 0 Å². The fourth-order valence-corrected chi connectivity index (χ4v) is 3.37. The summed E-state index contributed by atoms with van der Waals surface area (Å²) in [5, 5.41) is 0. The van der Waals surface area contributed by atoms with Crippen LogP contribution in [0.25, 0.3) is 0 Å². The van der Waals surface area contributed by atoms with Crippen LogP contribution >= 0.6 is 0 Å². The Balaban J connectivity index is 2.22. The second kappa shape index (κ2) is 5.98.